The van der Waals surface area contributed by atoms with Gasteiger partial charge in [0.1, 0.15) is 6.17 Å². The fourth-order valence-electron chi connectivity index (χ4n) is 1.65. The number of carbonyl (C=O) groups excluding carboxylic acids is 1. The molecule has 0 aromatic rings. The molecule has 0 aromatic heterocycles. The van der Waals surface area contributed by atoms with E-state index in [1.807, 2.05) is 0 Å². The van der Waals surface area contributed by atoms with Crippen LogP contribution in [0.1, 0.15) is 26.7 Å². The maximum absolute atomic E-state index is 14.1. The van der Waals surface area contributed by atoms with Crippen molar-refractivity contribution in [3.63, 3.8) is 0 Å². The molecule has 23 heavy (non-hydrogen) atoms. The highest BCUT2D eigenvalue weighted by molar-refractivity contribution is 8.12. The van der Waals surface area contributed by atoms with Gasteiger partial charge in [-0.15, -0.1) is 11.8 Å². The molecule has 5 nitrogen and oxygen atoms in total. The van der Waals surface area contributed by atoms with Crippen molar-refractivity contribution >= 4 is 28.8 Å². The van der Waals surface area contributed by atoms with Gasteiger partial charge in [-0.1, -0.05) is 11.8 Å². The number of thioether (sulfide) groups is 2. The summed E-state index contributed by atoms with van der Waals surface area (Å²) >= 11 is 2.80. The first-order chi connectivity index (χ1) is 10.9. The monoisotopic (exact) mass is 370 g/mol. The van der Waals surface area contributed by atoms with Gasteiger partial charge in [0.25, 0.3) is 5.24 Å². The molecule has 0 aliphatic carbocycles. The normalized spacial score (nSPS) is 13.1. The van der Waals surface area contributed by atoms with Gasteiger partial charge in [0.2, 0.25) is 0 Å². The summed E-state index contributed by atoms with van der Waals surface area (Å²) in [5.41, 5.74) is -0.923. The van der Waals surface area contributed by atoms with E-state index in [1.54, 1.807) is 31.9 Å². The molecular formula is C15H31FN2O3S2. The summed E-state index contributed by atoms with van der Waals surface area (Å²) in [4.78, 5) is 11.1. The second-order valence-corrected chi connectivity index (χ2v) is 7.19. The van der Waals surface area contributed by atoms with Gasteiger partial charge in [-0.3, -0.25) is 4.79 Å². The first kappa shape index (κ1) is 23.0. The number of hydrogen-bond acceptors (Lipinski definition) is 6. The van der Waals surface area contributed by atoms with Crippen molar-refractivity contribution in [3.05, 3.63) is 0 Å². The Hall–Kier alpha value is -0.0200. The van der Waals surface area contributed by atoms with Crippen molar-refractivity contribution < 1.29 is 18.7 Å². The zero-order valence-electron chi connectivity index (χ0n) is 14.7. The molecule has 2 N–H and O–H groups in total. The van der Waals surface area contributed by atoms with Crippen molar-refractivity contribution in [2.24, 2.45) is 0 Å². The second kappa shape index (κ2) is 14.3. The zero-order chi connectivity index (χ0) is 17.6. The first-order valence-corrected chi connectivity index (χ1v) is 10.4. The van der Waals surface area contributed by atoms with Crippen LogP contribution in [-0.4, -0.2) is 68.3 Å². The van der Waals surface area contributed by atoms with Crippen LogP contribution in [0.3, 0.4) is 0 Å². The Morgan fingerprint density at radius 2 is 1.91 bits per heavy atom. The number of ether oxygens (including phenoxy) is 2. The molecule has 1 amide bonds. The third-order valence-electron chi connectivity index (χ3n) is 3.16. The van der Waals surface area contributed by atoms with Crippen LogP contribution in [0.2, 0.25) is 0 Å². The third kappa shape index (κ3) is 13.0. The van der Waals surface area contributed by atoms with Crippen molar-refractivity contribution in [1.82, 2.24) is 10.6 Å². The standard InChI is InChI=1S/C15H31FN2O3S2/c1-15(2,13(16)11-18-14(19)23-4)21-10-6-9-20-8-5-7-17-12-22-3/h13,17H,5-12H2,1-4H3,(H,18,19). The Morgan fingerprint density at radius 1 is 1.22 bits per heavy atom. The van der Waals surface area contributed by atoms with Gasteiger partial charge in [-0.25, -0.2) is 4.39 Å². The summed E-state index contributed by atoms with van der Waals surface area (Å²) in [5, 5.41) is 5.56. The van der Waals surface area contributed by atoms with E-state index < -0.39 is 11.8 Å². The number of carbonyl (C=O) groups is 1. The average molecular weight is 371 g/mol. The molecule has 0 saturated carbocycles. The molecular weight excluding hydrogens is 339 g/mol. The van der Waals surface area contributed by atoms with Crippen LogP contribution >= 0.6 is 23.5 Å². The SMILES string of the molecule is CSCNCCCOCCCOC(C)(C)C(F)CNC(=O)SC. The van der Waals surface area contributed by atoms with Crippen LogP contribution in [0, 0.1) is 0 Å². The van der Waals surface area contributed by atoms with E-state index in [9.17, 15) is 9.18 Å². The highest BCUT2D eigenvalue weighted by Gasteiger charge is 2.30. The number of amides is 1. The first-order valence-electron chi connectivity index (χ1n) is 7.81. The summed E-state index contributed by atoms with van der Waals surface area (Å²) < 4.78 is 25.2. The van der Waals surface area contributed by atoms with Gasteiger partial charge in [0.05, 0.1) is 12.1 Å². The molecule has 0 bridgehead atoms. The average Bonchev–Trinajstić information content (AvgIpc) is 2.53. The maximum Gasteiger partial charge on any atom is 0.278 e. The maximum atomic E-state index is 14.1. The van der Waals surface area contributed by atoms with E-state index in [0.717, 1.165) is 43.6 Å². The molecule has 0 spiro atoms. The van der Waals surface area contributed by atoms with Crippen LogP contribution in [0.15, 0.2) is 0 Å². The van der Waals surface area contributed by atoms with E-state index in [0.29, 0.717) is 13.2 Å². The third-order valence-corrected chi connectivity index (χ3v) is 4.17. The van der Waals surface area contributed by atoms with Gasteiger partial charge < -0.3 is 20.1 Å². The van der Waals surface area contributed by atoms with Crippen molar-refractivity contribution in [2.75, 3.05) is 51.3 Å². The molecule has 0 aliphatic rings. The van der Waals surface area contributed by atoms with E-state index >= 15 is 0 Å². The minimum Gasteiger partial charge on any atom is -0.381 e. The van der Waals surface area contributed by atoms with Gasteiger partial charge in [0, 0.05) is 25.7 Å². The van der Waals surface area contributed by atoms with Gasteiger partial charge >= 0.3 is 0 Å². The van der Waals surface area contributed by atoms with Gasteiger partial charge in [-0.2, -0.15) is 0 Å². The van der Waals surface area contributed by atoms with Gasteiger partial charge in [0.15, 0.2) is 0 Å². The van der Waals surface area contributed by atoms with Crippen LogP contribution in [-0.2, 0) is 9.47 Å². The molecule has 1 unspecified atom stereocenters. The molecule has 1 atom stereocenters. The molecule has 0 heterocycles. The lowest BCUT2D eigenvalue weighted by Crippen LogP contribution is -2.43. The van der Waals surface area contributed by atoms with Crippen molar-refractivity contribution in [3.8, 4) is 0 Å². The second-order valence-electron chi connectivity index (χ2n) is 5.54. The summed E-state index contributed by atoms with van der Waals surface area (Å²) in [6, 6.07) is 0. The summed E-state index contributed by atoms with van der Waals surface area (Å²) in [7, 11) is 0. The molecule has 0 fully saturated rings. The summed E-state index contributed by atoms with van der Waals surface area (Å²) in [6.45, 7) is 6.08. The molecule has 0 radical (unpaired) electrons. The topological polar surface area (TPSA) is 59.6 Å². The Labute approximate surface area is 148 Å². The van der Waals surface area contributed by atoms with E-state index in [1.165, 1.54) is 0 Å². The molecule has 138 valence electrons. The van der Waals surface area contributed by atoms with Crippen molar-refractivity contribution in [2.45, 2.75) is 38.5 Å². The molecule has 0 saturated heterocycles. The van der Waals surface area contributed by atoms with Crippen molar-refractivity contribution in [1.29, 1.82) is 0 Å². The quantitative estimate of drug-likeness (QED) is 0.362. The Bertz CT molecular complexity index is 310. The number of rotatable bonds is 14. The van der Waals surface area contributed by atoms with Gasteiger partial charge in [-0.05, 0) is 45.7 Å². The number of alkyl halides is 1. The Balaban J connectivity index is 3.59. The predicted molar refractivity (Wildman–Crippen MR) is 98.3 cm³/mol. The highest BCUT2D eigenvalue weighted by atomic mass is 32.2. The van der Waals surface area contributed by atoms with E-state index in [2.05, 4.69) is 16.9 Å². The molecule has 0 aliphatic heterocycles. The summed E-state index contributed by atoms with van der Waals surface area (Å²) in [5.74, 6) is 0.963. The van der Waals surface area contributed by atoms with E-state index in [4.69, 9.17) is 9.47 Å². The Morgan fingerprint density at radius 3 is 2.57 bits per heavy atom. The lowest BCUT2D eigenvalue weighted by Gasteiger charge is -2.29. The van der Waals surface area contributed by atoms with Crippen LogP contribution in [0.4, 0.5) is 9.18 Å². The summed E-state index contributed by atoms with van der Waals surface area (Å²) in [6.07, 6.45) is 4.18. The number of hydrogen-bond donors (Lipinski definition) is 2. The smallest absolute Gasteiger partial charge is 0.278 e. The number of halogens is 1. The predicted octanol–water partition coefficient (Wildman–Crippen LogP) is 2.90. The Kier molecular flexibility index (Phi) is 14.3. The van der Waals surface area contributed by atoms with Crippen LogP contribution < -0.4 is 10.6 Å². The van der Waals surface area contributed by atoms with Crippen LogP contribution in [0.5, 0.6) is 0 Å². The minimum atomic E-state index is -1.25. The van der Waals surface area contributed by atoms with E-state index in [-0.39, 0.29) is 11.8 Å². The lowest BCUT2D eigenvalue weighted by atomic mass is 10.0. The molecule has 0 aromatic carbocycles. The highest BCUT2D eigenvalue weighted by Crippen LogP contribution is 2.18. The zero-order valence-corrected chi connectivity index (χ0v) is 16.3. The number of nitrogens with one attached hydrogen (secondary N) is 2. The fraction of sp³-hybridized carbons (Fsp3) is 0.933. The van der Waals surface area contributed by atoms with Crippen LogP contribution in [0.25, 0.3) is 0 Å². The largest absolute Gasteiger partial charge is 0.381 e. The molecule has 0 rings (SSSR count). The fourth-order valence-corrected chi connectivity index (χ4v) is 2.23. The lowest BCUT2D eigenvalue weighted by molar-refractivity contribution is -0.0742. The minimum absolute atomic E-state index is 0.0355. The molecule has 8 heteroatoms.